The van der Waals surface area contributed by atoms with E-state index in [0.717, 1.165) is 30.2 Å². The van der Waals surface area contributed by atoms with Crippen molar-refractivity contribution in [3.8, 4) is 10.6 Å². The van der Waals surface area contributed by atoms with Crippen molar-refractivity contribution in [2.45, 2.75) is 32.7 Å². The summed E-state index contributed by atoms with van der Waals surface area (Å²) in [5, 5.41) is 6.09. The average molecular weight is 402 g/mol. The van der Waals surface area contributed by atoms with E-state index in [1.807, 2.05) is 10.3 Å². The zero-order valence-corrected chi connectivity index (χ0v) is 17.1. The molecule has 138 valence electrons. The Labute approximate surface area is 165 Å². The van der Waals surface area contributed by atoms with Crippen molar-refractivity contribution in [3.63, 3.8) is 0 Å². The standard InChI is InChI=1S/C18H23N3OS.2ClH/c1-12(2)14-4-6-15(7-5-14)17-20-16(11-23-17)18(22)21-9-8-19-10-13(21)3;;/h4-7,11-13,19H,8-10H2,1-3H3;2*1H/t13-;;/m0../s1. The summed E-state index contributed by atoms with van der Waals surface area (Å²) < 4.78 is 0. The maximum absolute atomic E-state index is 12.6. The number of carbonyl (C=O) groups excluding carboxylic acids is 1. The number of benzene rings is 1. The molecule has 1 saturated heterocycles. The van der Waals surface area contributed by atoms with Gasteiger partial charge in [0, 0.05) is 36.6 Å². The fraction of sp³-hybridized carbons (Fsp3) is 0.444. The van der Waals surface area contributed by atoms with Crippen LogP contribution < -0.4 is 5.32 Å². The second-order valence-electron chi connectivity index (χ2n) is 6.37. The Kier molecular flexibility index (Phi) is 8.35. The molecule has 1 atom stereocenters. The fourth-order valence-corrected chi connectivity index (χ4v) is 3.61. The van der Waals surface area contributed by atoms with E-state index in [1.165, 1.54) is 16.9 Å². The van der Waals surface area contributed by atoms with Gasteiger partial charge in [-0.1, -0.05) is 38.1 Å². The van der Waals surface area contributed by atoms with E-state index < -0.39 is 0 Å². The molecule has 0 bridgehead atoms. The van der Waals surface area contributed by atoms with Crippen LogP contribution in [-0.4, -0.2) is 41.5 Å². The number of rotatable bonds is 3. The van der Waals surface area contributed by atoms with Crippen LogP contribution in [-0.2, 0) is 0 Å². The van der Waals surface area contributed by atoms with Crippen molar-refractivity contribution < 1.29 is 4.79 Å². The van der Waals surface area contributed by atoms with Crippen molar-refractivity contribution in [2.24, 2.45) is 0 Å². The van der Waals surface area contributed by atoms with Gasteiger partial charge in [-0.2, -0.15) is 0 Å². The van der Waals surface area contributed by atoms with E-state index in [4.69, 9.17) is 0 Å². The fourth-order valence-electron chi connectivity index (χ4n) is 2.81. The van der Waals surface area contributed by atoms with Gasteiger partial charge in [0.2, 0.25) is 0 Å². The summed E-state index contributed by atoms with van der Waals surface area (Å²) in [6.07, 6.45) is 0. The van der Waals surface area contributed by atoms with Crippen LogP contribution in [0.2, 0.25) is 0 Å². The molecule has 2 heterocycles. The second kappa shape index (κ2) is 9.53. The van der Waals surface area contributed by atoms with Gasteiger partial charge in [-0.25, -0.2) is 4.98 Å². The number of aromatic nitrogens is 1. The summed E-state index contributed by atoms with van der Waals surface area (Å²) in [4.78, 5) is 19.1. The van der Waals surface area contributed by atoms with Crippen LogP contribution in [0, 0.1) is 0 Å². The maximum Gasteiger partial charge on any atom is 0.273 e. The lowest BCUT2D eigenvalue weighted by molar-refractivity contribution is 0.0650. The van der Waals surface area contributed by atoms with Crippen LogP contribution >= 0.6 is 36.2 Å². The molecule has 1 aliphatic heterocycles. The molecule has 1 fully saturated rings. The summed E-state index contributed by atoms with van der Waals surface area (Å²) in [5.74, 6) is 0.562. The predicted molar refractivity (Wildman–Crippen MR) is 110 cm³/mol. The lowest BCUT2D eigenvalue weighted by atomic mass is 10.0. The first-order valence-corrected chi connectivity index (χ1v) is 9.01. The molecule has 1 aromatic carbocycles. The third kappa shape index (κ3) is 4.94. The number of nitrogens with zero attached hydrogens (tertiary/aromatic N) is 2. The molecule has 1 N–H and O–H groups in total. The van der Waals surface area contributed by atoms with Crippen LogP contribution in [0.25, 0.3) is 10.6 Å². The Bertz CT molecular complexity index is 688. The number of halogens is 2. The maximum atomic E-state index is 12.6. The normalized spacial score (nSPS) is 17.0. The molecule has 0 unspecified atom stereocenters. The third-order valence-electron chi connectivity index (χ3n) is 4.31. The number of amides is 1. The Morgan fingerprint density at radius 2 is 1.96 bits per heavy atom. The molecule has 3 rings (SSSR count). The molecule has 0 radical (unpaired) electrons. The zero-order chi connectivity index (χ0) is 16.4. The Morgan fingerprint density at radius 1 is 1.28 bits per heavy atom. The van der Waals surface area contributed by atoms with Gasteiger partial charge in [0.1, 0.15) is 10.7 Å². The topological polar surface area (TPSA) is 45.2 Å². The highest BCUT2D eigenvalue weighted by Gasteiger charge is 2.25. The van der Waals surface area contributed by atoms with Gasteiger partial charge in [0.05, 0.1) is 0 Å². The highest BCUT2D eigenvalue weighted by Crippen LogP contribution is 2.26. The number of carbonyl (C=O) groups is 1. The molecule has 1 amide bonds. The van der Waals surface area contributed by atoms with Gasteiger partial charge in [-0.3, -0.25) is 4.79 Å². The molecule has 0 saturated carbocycles. The molecular weight excluding hydrogens is 377 g/mol. The van der Waals surface area contributed by atoms with E-state index in [0.29, 0.717) is 11.6 Å². The smallest absolute Gasteiger partial charge is 0.273 e. The van der Waals surface area contributed by atoms with Crippen molar-refractivity contribution >= 4 is 42.1 Å². The highest BCUT2D eigenvalue weighted by atomic mass is 35.5. The predicted octanol–water partition coefficient (Wildman–Crippen LogP) is 4.21. The molecule has 0 aliphatic carbocycles. The Balaban J connectivity index is 0.00000156. The van der Waals surface area contributed by atoms with E-state index in [-0.39, 0.29) is 36.8 Å². The molecule has 1 aliphatic rings. The third-order valence-corrected chi connectivity index (χ3v) is 5.20. The summed E-state index contributed by atoms with van der Waals surface area (Å²) in [6.45, 7) is 8.88. The average Bonchev–Trinajstić information content (AvgIpc) is 3.05. The Hall–Kier alpha value is -1.14. The molecule has 1 aromatic heterocycles. The minimum Gasteiger partial charge on any atom is -0.332 e. The van der Waals surface area contributed by atoms with E-state index >= 15 is 0 Å². The van der Waals surface area contributed by atoms with Crippen molar-refractivity contribution in [2.75, 3.05) is 19.6 Å². The first-order valence-electron chi connectivity index (χ1n) is 8.14. The van der Waals surface area contributed by atoms with E-state index in [1.54, 1.807) is 0 Å². The monoisotopic (exact) mass is 401 g/mol. The number of nitrogens with one attached hydrogen (secondary N) is 1. The largest absolute Gasteiger partial charge is 0.332 e. The molecule has 25 heavy (non-hydrogen) atoms. The minimum absolute atomic E-state index is 0. The number of hydrogen-bond acceptors (Lipinski definition) is 4. The van der Waals surface area contributed by atoms with E-state index in [2.05, 4.69) is 55.3 Å². The van der Waals surface area contributed by atoms with Crippen molar-refractivity contribution in [1.82, 2.24) is 15.2 Å². The highest BCUT2D eigenvalue weighted by molar-refractivity contribution is 7.13. The lowest BCUT2D eigenvalue weighted by Crippen LogP contribution is -2.52. The second-order valence-corrected chi connectivity index (χ2v) is 7.22. The summed E-state index contributed by atoms with van der Waals surface area (Å²) in [6, 6.07) is 8.68. The van der Waals surface area contributed by atoms with Gasteiger partial charge >= 0.3 is 0 Å². The van der Waals surface area contributed by atoms with Crippen LogP contribution in [0.5, 0.6) is 0 Å². The van der Waals surface area contributed by atoms with Crippen LogP contribution in [0.1, 0.15) is 42.7 Å². The van der Waals surface area contributed by atoms with Crippen LogP contribution in [0.4, 0.5) is 0 Å². The molecule has 2 aromatic rings. The van der Waals surface area contributed by atoms with Gasteiger partial charge in [-0.15, -0.1) is 36.2 Å². The van der Waals surface area contributed by atoms with Gasteiger partial charge in [-0.05, 0) is 18.4 Å². The summed E-state index contributed by atoms with van der Waals surface area (Å²) in [7, 11) is 0. The minimum atomic E-state index is 0. The lowest BCUT2D eigenvalue weighted by Gasteiger charge is -2.33. The quantitative estimate of drug-likeness (QED) is 0.837. The van der Waals surface area contributed by atoms with E-state index in [9.17, 15) is 4.79 Å². The van der Waals surface area contributed by atoms with Gasteiger partial charge in [0.25, 0.3) is 5.91 Å². The summed E-state index contributed by atoms with van der Waals surface area (Å²) >= 11 is 1.54. The van der Waals surface area contributed by atoms with Gasteiger partial charge in [0.15, 0.2) is 0 Å². The van der Waals surface area contributed by atoms with Gasteiger partial charge < -0.3 is 10.2 Å². The first kappa shape index (κ1) is 21.9. The molecule has 0 spiro atoms. The van der Waals surface area contributed by atoms with Crippen LogP contribution in [0.3, 0.4) is 0 Å². The first-order chi connectivity index (χ1) is 11.1. The molecule has 4 nitrogen and oxygen atoms in total. The van der Waals surface area contributed by atoms with Crippen molar-refractivity contribution in [3.05, 3.63) is 40.9 Å². The Morgan fingerprint density at radius 3 is 2.56 bits per heavy atom. The summed E-state index contributed by atoms with van der Waals surface area (Å²) in [5.41, 5.74) is 2.95. The number of piperazine rings is 1. The number of thiazole rings is 1. The molecular formula is C18H25Cl2N3OS. The number of hydrogen-bond donors (Lipinski definition) is 1. The molecule has 7 heteroatoms. The van der Waals surface area contributed by atoms with Crippen molar-refractivity contribution in [1.29, 1.82) is 0 Å². The van der Waals surface area contributed by atoms with Crippen LogP contribution in [0.15, 0.2) is 29.6 Å². The SMILES string of the molecule is CC(C)c1ccc(-c2nc(C(=O)N3CCNC[C@@H]3C)cs2)cc1.Cl.Cl. The zero-order valence-electron chi connectivity index (χ0n) is 14.7.